The summed E-state index contributed by atoms with van der Waals surface area (Å²) in [4.78, 5) is 0. The van der Waals surface area contributed by atoms with Gasteiger partial charge in [0.25, 0.3) is 10.1 Å². The van der Waals surface area contributed by atoms with Crippen molar-refractivity contribution < 1.29 is 17.3 Å². The number of rotatable bonds is 6. The van der Waals surface area contributed by atoms with Gasteiger partial charge in [0.2, 0.25) is 0 Å². The normalized spacial score (nSPS) is 18.9. The lowest BCUT2D eigenvalue weighted by atomic mass is 9.79. The molecule has 1 aliphatic rings. The van der Waals surface area contributed by atoms with Crippen LogP contribution in [0, 0.1) is 6.92 Å². The molecule has 2 aromatic rings. The van der Waals surface area contributed by atoms with Gasteiger partial charge in [0, 0.05) is 16.5 Å². The molecule has 8 heteroatoms. The minimum Gasteiger partial charge on any atom is -0.356 e. The second-order valence-electron chi connectivity index (χ2n) is 7.89. The fraction of sp³-hybridized carbons (Fsp3) is 0.632. The maximum absolute atomic E-state index is 11.3. The molecular formula is C19H27BrN2O4S. The zero-order valence-corrected chi connectivity index (χ0v) is 18.7. The lowest BCUT2D eigenvalue weighted by molar-refractivity contribution is -0.0366. The largest absolute Gasteiger partial charge is 0.356 e. The molecule has 1 aliphatic heterocycles. The first kappa shape index (κ1) is 20.8. The predicted molar refractivity (Wildman–Crippen MR) is 109 cm³/mol. The molecule has 0 N–H and O–H groups in total. The maximum Gasteiger partial charge on any atom is 0.264 e. The second-order valence-corrected chi connectivity index (χ2v) is 10.3. The van der Waals surface area contributed by atoms with E-state index >= 15 is 0 Å². The van der Waals surface area contributed by atoms with Gasteiger partial charge in [-0.15, -0.1) is 0 Å². The Labute approximate surface area is 169 Å². The summed E-state index contributed by atoms with van der Waals surface area (Å²) < 4.78 is 36.4. The van der Waals surface area contributed by atoms with Crippen LogP contribution >= 0.6 is 15.9 Å². The topological polar surface area (TPSA) is 70.4 Å². The van der Waals surface area contributed by atoms with E-state index in [1.807, 2.05) is 10.9 Å². The van der Waals surface area contributed by atoms with Crippen LogP contribution in [-0.2, 0) is 24.5 Å². The molecule has 0 bridgehead atoms. The number of nitrogens with zero attached hydrogens (tertiary/aromatic N) is 2. The van der Waals surface area contributed by atoms with Crippen molar-refractivity contribution in [1.29, 1.82) is 0 Å². The summed E-state index contributed by atoms with van der Waals surface area (Å²) >= 11 is 3.78. The molecule has 0 aliphatic carbocycles. The molecule has 0 spiro atoms. The van der Waals surface area contributed by atoms with Crippen LogP contribution in [0.3, 0.4) is 0 Å². The van der Waals surface area contributed by atoms with Crippen molar-refractivity contribution in [3.05, 3.63) is 27.9 Å². The Kier molecular flexibility index (Phi) is 6.01. The second kappa shape index (κ2) is 7.81. The van der Waals surface area contributed by atoms with Gasteiger partial charge < -0.3 is 4.74 Å². The van der Waals surface area contributed by atoms with Crippen LogP contribution in [0.1, 0.15) is 56.9 Å². The van der Waals surface area contributed by atoms with E-state index in [4.69, 9.17) is 8.92 Å². The standard InChI is InChI=1S/C19H27BrN2O4S/c1-13-11-15-14(12-21-22(15)16-7-5-6-9-25-16)18(20)17(13)19(2,3)8-10-26-27(4,23)24/h11-12,16H,5-10H2,1-4H3. The number of benzene rings is 1. The molecule has 1 aromatic heterocycles. The smallest absolute Gasteiger partial charge is 0.264 e. The summed E-state index contributed by atoms with van der Waals surface area (Å²) in [6.07, 6.45) is 6.76. The molecule has 6 nitrogen and oxygen atoms in total. The average Bonchev–Trinajstić information content (AvgIpc) is 2.98. The van der Waals surface area contributed by atoms with Crippen LogP contribution in [0.4, 0.5) is 0 Å². The number of ether oxygens (including phenoxy) is 1. The minimum atomic E-state index is -3.43. The van der Waals surface area contributed by atoms with Crippen molar-refractivity contribution in [1.82, 2.24) is 9.78 Å². The number of halogens is 1. The Morgan fingerprint density at radius 3 is 2.78 bits per heavy atom. The number of aromatic nitrogens is 2. The fourth-order valence-corrected chi connectivity index (χ4v) is 5.36. The molecule has 1 fully saturated rings. The maximum atomic E-state index is 11.3. The highest BCUT2D eigenvalue weighted by molar-refractivity contribution is 9.10. The number of hydrogen-bond acceptors (Lipinski definition) is 5. The molecule has 2 heterocycles. The zero-order chi connectivity index (χ0) is 19.8. The first-order valence-corrected chi connectivity index (χ1v) is 11.8. The van der Waals surface area contributed by atoms with Gasteiger partial charge in [-0.05, 0) is 71.1 Å². The highest BCUT2D eigenvalue weighted by Crippen LogP contribution is 2.41. The Balaban J connectivity index is 1.95. The molecule has 3 rings (SSSR count). The minimum absolute atomic E-state index is 0.00966. The molecule has 0 saturated carbocycles. The summed E-state index contributed by atoms with van der Waals surface area (Å²) in [5, 5.41) is 5.64. The molecule has 1 aromatic carbocycles. The van der Waals surface area contributed by atoms with Crippen LogP contribution < -0.4 is 0 Å². The van der Waals surface area contributed by atoms with Crippen molar-refractivity contribution in [2.24, 2.45) is 0 Å². The highest BCUT2D eigenvalue weighted by atomic mass is 79.9. The Hall–Kier alpha value is -0.960. The average molecular weight is 459 g/mol. The van der Waals surface area contributed by atoms with E-state index in [2.05, 4.69) is 47.9 Å². The van der Waals surface area contributed by atoms with E-state index in [0.717, 1.165) is 58.6 Å². The van der Waals surface area contributed by atoms with Crippen LogP contribution in [0.25, 0.3) is 10.9 Å². The van der Waals surface area contributed by atoms with Gasteiger partial charge in [-0.1, -0.05) is 13.8 Å². The van der Waals surface area contributed by atoms with E-state index in [1.165, 1.54) is 0 Å². The monoisotopic (exact) mass is 458 g/mol. The highest BCUT2D eigenvalue weighted by Gasteiger charge is 2.28. The van der Waals surface area contributed by atoms with Crippen molar-refractivity contribution in [3.63, 3.8) is 0 Å². The van der Waals surface area contributed by atoms with Gasteiger partial charge in [-0.3, -0.25) is 4.18 Å². The fourth-order valence-electron chi connectivity index (χ4n) is 3.82. The molecule has 27 heavy (non-hydrogen) atoms. The molecule has 0 radical (unpaired) electrons. The lowest BCUT2D eigenvalue weighted by Crippen LogP contribution is -2.23. The Morgan fingerprint density at radius 2 is 2.15 bits per heavy atom. The quantitative estimate of drug-likeness (QED) is 0.597. The van der Waals surface area contributed by atoms with E-state index in [1.54, 1.807) is 0 Å². The lowest BCUT2D eigenvalue weighted by Gasteiger charge is -2.29. The number of aryl methyl sites for hydroxylation is 1. The Morgan fingerprint density at radius 1 is 1.41 bits per heavy atom. The van der Waals surface area contributed by atoms with Crippen molar-refractivity contribution in [2.75, 3.05) is 19.5 Å². The summed E-state index contributed by atoms with van der Waals surface area (Å²) in [7, 11) is -3.43. The van der Waals surface area contributed by atoms with Crippen LogP contribution in [0.5, 0.6) is 0 Å². The SMILES string of the molecule is Cc1cc2c(cnn2C2CCCCO2)c(Br)c1C(C)(C)CCOS(C)(=O)=O. The molecular weight excluding hydrogens is 432 g/mol. The van der Waals surface area contributed by atoms with Crippen molar-refractivity contribution >= 4 is 37.0 Å². The van der Waals surface area contributed by atoms with Gasteiger partial charge in [-0.2, -0.15) is 13.5 Å². The van der Waals surface area contributed by atoms with Gasteiger partial charge in [0.1, 0.15) is 0 Å². The summed E-state index contributed by atoms with van der Waals surface area (Å²) in [6, 6.07) is 2.15. The third kappa shape index (κ3) is 4.55. The van der Waals surface area contributed by atoms with Gasteiger partial charge in [0.15, 0.2) is 6.23 Å². The zero-order valence-electron chi connectivity index (χ0n) is 16.3. The molecule has 1 saturated heterocycles. The number of fused-ring (bicyclic) bond motifs is 1. The van der Waals surface area contributed by atoms with Crippen LogP contribution in [0.15, 0.2) is 16.7 Å². The van der Waals surface area contributed by atoms with E-state index in [9.17, 15) is 8.42 Å². The molecule has 0 amide bonds. The van der Waals surface area contributed by atoms with Crippen molar-refractivity contribution in [2.45, 2.75) is 58.1 Å². The first-order chi connectivity index (χ1) is 12.6. The first-order valence-electron chi connectivity index (χ1n) is 9.23. The van der Waals surface area contributed by atoms with Gasteiger partial charge in [0.05, 0.1) is 24.6 Å². The van der Waals surface area contributed by atoms with Crippen LogP contribution in [0.2, 0.25) is 0 Å². The van der Waals surface area contributed by atoms with E-state index in [-0.39, 0.29) is 18.2 Å². The van der Waals surface area contributed by atoms with Crippen molar-refractivity contribution in [3.8, 4) is 0 Å². The summed E-state index contributed by atoms with van der Waals surface area (Å²) in [6.45, 7) is 7.22. The van der Waals surface area contributed by atoms with Crippen LogP contribution in [-0.4, -0.2) is 37.7 Å². The summed E-state index contributed by atoms with van der Waals surface area (Å²) in [5.41, 5.74) is 3.08. The third-order valence-corrected chi connectivity index (χ3v) is 6.59. The van der Waals surface area contributed by atoms with Gasteiger partial charge >= 0.3 is 0 Å². The third-order valence-electron chi connectivity index (χ3n) is 5.17. The van der Waals surface area contributed by atoms with E-state index in [0.29, 0.717) is 6.42 Å². The molecule has 1 unspecified atom stereocenters. The van der Waals surface area contributed by atoms with E-state index < -0.39 is 10.1 Å². The van der Waals surface area contributed by atoms with Gasteiger partial charge in [-0.25, -0.2) is 4.68 Å². The molecule has 150 valence electrons. The predicted octanol–water partition coefficient (Wildman–Crippen LogP) is 4.45. The Bertz CT molecular complexity index is 931. The molecule has 1 atom stereocenters. The summed E-state index contributed by atoms with van der Waals surface area (Å²) in [5.74, 6) is 0. The number of hydrogen-bond donors (Lipinski definition) is 0.